The van der Waals surface area contributed by atoms with Crippen LogP contribution in [0.5, 0.6) is 0 Å². The molecule has 0 spiro atoms. The van der Waals surface area contributed by atoms with E-state index in [0.717, 1.165) is 36.1 Å². The number of amides is 2. The number of urea groups is 1. The van der Waals surface area contributed by atoms with E-state index >= 15 is 0 Å². The molecule has 2 amide bonds. The number of carbonyl (C=O) groups is 1. The smallest absolute Gasteiger partial charge is 0.319 e. The Balaban J connectivity index is 1.95. The summed E-state index contributed by atoms with van der Waals surface area (Å²) in [7, 11) is 5.48. The van der Waals surface area contributed by atoms with Crippen LogP contribution in [-0.2, 0) is 5.41 Å². The van der Waals surface area contributed by atoms with E-state index in [4.69, 9.17) is 0 Å². The third kappa shape index (κ3) is 3.69. The molecule has 22 heavy (non-hydrogen) atoms. The molecule has 6 nitrogen and oxygen atoms in total. The SMILES string of the molecule is CN(C)C(=O)N(C)C1CCN(c2nnc(C(C)(C)C)s2)CC1. The van der Waals surface area contributed by atoms with Crippen molar-refractivity contribution < 1.29 is 4.79 Å². The summed E-state index contributed by atoms with van der Waals surface area (Å²) >= 11 is 1.68. The summed E-state index contributed by atoms with van der Waals surface area (Å²) in [5.41, 5.74) is 0.0482. The fourth-order valence-corrected chi connectivity index (χ4v) is 3.52. The van der Waals surface area contributed by atoms with Crippen molar-refractivity contribution in [2.75, 3.05) is 39.1 Å². The quantitative estimate of drug-likeness (QED) is 0.838. The molecule has 0 N–H and O–H groups in total. The summed E-state index contributed by atoms with van der Waals surface area (Å²) < 4.78 is 0. The van der Waals surface area contributed by atoms with Gasteiger partial charge in [0.05, 0.1) is 0 Å². The lowest BCUT2D eigenvalue weighted by Gasteiger charge is -2.37. The third-order valence-corrected chi connectivity index (χ3v) is 5.43. The zero-order valence-electron chi connectivity index (χ0n) is 14.5. The van der Waals surface area contributed by atoms with Gasteiger partial charge in [-0.3, -0.25) is 0 Å². The minimum Gasteiger partial charge on any atom is -0.347 e. The molecule has 0 atom stereocenters. The number of carbonyl (C=O) groups excluding carboxylic acids is 1. The van der Waals surface area contributed by atoms with Crippen LogP contribution in [0.3, 0.4) is 0 Å². The first-order chi connectivity index (χ1) is 10.2. The van der Waals surface area contributed by atoms with Crippen molar-refractivity contribution in [2.45, 2.75) is 45.1 Å². The Kier molecular flexibility index (Phi) is 4.94. The lowest BCUT2D eigenvalue weighted by atomic mass is 9.98. The van der Waals surface area contributed by atoms with E-state index in [2.05, 4.69) is 35.9 Å². The highest BCUT2D eigenvalue weighted by atomic mass is 32.1. The van der Waals surface area contributed by atoms with Crippen molar-refractivity contribution in [1.82, 2.24) is 20.0 Å². The summed E-state index contributed by atoms with van der Waals surface area (Å²) in [4.78, 5) is 17.8. The Morgan fingerprint density at radius 3 is 2.23 bits per heavy atom. The second-order valence-electron chi connectivity index (χ2n) is 7.15. The highest BCUT2D eigenvalue weighted by Gasteiger charge is 2.28. The number of anilines is 1. The number of aromatic nitrogens is 2. The first-order valence-corrected chi connectivity index (χ1v) is 8.55. The molecule has 1 aromatic heterocycles. The standard InChI is InChI=1S/C15H27N5OS/c1-15(2,3)12-16-17-13(22-12)20-9-7-11(8-10-20)19(6)14(21)18(4)5/h11H,7-10H2,1-6H3. The summed E-state index contributed by atoms with van der Waals surface area (Å²) in [5, 5.41) is 10.7. The lowest BCUT2D eigenvalue weighted by Crippen LogP contribution is -2.48. The molecule has 0 bridgehead atoms. The van der Waals surface area contributed by atoms with Crippen molar-refractivity contribution in [2.24, 2.45) is 0 Å². The van der Waals surface area contributed by atoms with Crippen LogP contribution in [0.15, 0.2) is 0 Å². The molecule has 0 radical (unpaired) electrons. The number of rotatable bonds is 2. The van der Waals surface area contributed by atoms with Gasteiger partial charge in [0.25, 0.3) is 0 Å². The highest BCUT2D eigenvalue weighted by molar-refractivity contribution is 7.15. The molecule has 1 aliphatic heterocycles. The lowest BCUT2D eigenvalue weighted by molar-refractivity contribution is 0.155. The van der Waals surface area contributed by atoms with Crippen LogP contribution in [0.25, 0.3) is 0 Å². The van der Waals surface area contributed by atoms with Gasteiger partial charge in [-0.15, -0.1) is 10.2 Å². The Hall–Kier alpha value is -1.37. The monoisotopic (exact) mass is 325 g/mol. The molecule has 0 aromatic carbocycles. The maximum atomic E-state index is 12.0. The average Bonchev–Trinajstić information content (AvgIpc) is 2.95. The topological polar surface area (TPSA) is 52.6 Å². The Bertz CT molecular complexity index is 514. The van der Waals surface area contributed by atoms with Gasteiger partial charge in [-0.05, 0) is 12.8 Å². The second-order valence-corrected chi connectivity index (χ2v) is 8.10. The van der Waals surface area contributed by atoms with Gasteiger partial charge in [0.2, 0.25) is 5.13 Å². The molecule has 2 rings (SSSR count). The van der Waals surface area contributed by atoms with Crippen LogP contribution in [0.4, 0.5) is 9.93 Å². The minimum absolute atomic E-state index is 0.0482. The Labute approximate surface area is 137 Å². The number of piperidine rings is 1. The van der Waals surface area contributed by atoms with Gasteiger partial charge in [0.15, 0.2) is 0 Å². The van der Waals surface area contributed by atoms with Crippen LogP contribution in [0, 0.1) is 0 Å². The zero-order valence-corrected chi connectivity index (χ0v) is 15.3. The summed E-state index contributed by atoms with van der Waals surface area (Å²) in [6.07, 6.45) is 1.95. The number of hydrogen-bond acceptors (Lipinski definition) is 5. The predicted octanol–water partition coefficient (Wildman–Crippen LogP) is 2.42. The summed E-state index contributed by atoms with van der Waals surface area (Å²) in [6.45, 7) is 8.32. The van der Waals surface area contributed by atoms with Crippen molar-refractivity contribution in [1.29, 1.82) is 0 Å². The molecule has 0 saturated carbocycles. The van der Waals surface area contributed by atoms with Crippen LogP contribution in [0.2, 0.25) is 0 Å². The molecule has 1 saturated heterocycles. The van der Waals surface area contributed by atoms with Crippen molar-refractivity contribution in [3.8, 4) is 0 Å². The number of nitrogens with zero attached hydrogens (tertiary/aromatic N) is 5. The van der Waals surface area contributed by atoms with Gasteiger partial charge in [-0.2, -0.15) is 0 Å². The van der Waals surface area contributed by atoms with Crippen LogP contribution >= 0.6 is 11.3 Å². The molecule has 7 heteroatoms. The Morgan fingerprint density at radius 2 is 1.77 bits per heavy atom. The van der Waals surface area contributed by atoms with Crippen LogP contribution in [0.1, 0.15) is 38.6 Å². The van der Waals surface area contributed by atoms with Crippen molar-refractivity contribution >= 4 is 22.5 Å². The van der Waals surface area contributed by atoms with Gasteiger partial charge < -0.3 is 14.7 Å². The maximum absolute atomic E-state index is 12.0. The fourth-order valence-electron chi connectivity index (χ4n) is 2.56. The van der Waals surface area contributed by atoms with Crippen molar-refractivity contribution in [3.63, 3.8) is 0 Å². The van der Waals surface area contributed by atoms with E-state index in [1.165, 1.54) is 0 Å². The predicted molar refractivity (Wildman–Crippen MR) is 90.7 cm³/mol. The zero-order chi connectivity index (χ0) is 16.5. The first-order valence-electron chi connectivity index (χ1n) is 7.73. The first kappa shape index (κ1) is 17.0. The largest absolute Gasteiger partial charge is 0.347 e. The summed E-state index contributed by atoms with van der Waals surface area (Å²) in [6, 6.07) is 0.380. The third-order valence-electron chi connectivity index (χ3n) is 4.02. The molecule has 124 valence electrons. The highest BCUT2D eigenvalue weighted by Crippen LogP contribution is 2.31. The van der Waals surface area contributed by atoms with Crippen LogP contribution < -0.4 is 4.90 Å². The minimum atomic E-state index is 0.0482. The van der Waals surface area contributed by atoms with E-state index in [1.807, 2.05) is 11.9 Å². The maximum Gasteiger partial charge on any atom is 0.319 e. The normalized spacial score (nSPS) is 16.7. The fraction of sp³-hybridized carbons (Fsp3) is 0.800. The van der Waals surface area contributed by atoms with Crippen LogP contribution in [-0.4, -0.2) is 66.3 Å². The molecule has 0 unspecified atom stereocenters. The molecule has 1 aromatic rings. The molecular formula is C15H27N5OS. The Morgan fingerprint density at radius 1 is 1.18 bits per heavy atom. The second kappa shape index (κ2) is 6.40. The van der Waals surface area contributed by atoms with Crippen molar-refractivity contribution in [3.05, 3.63) is 5.01 Å². The van der Waals surface area contributed by atoms with E-state index in [1.54, 1.807) is 30.3 Å². The summed E-state index contributed by atoms with van der Waals surface area (Å²) in [5.74, 6) is 0. The molecule has 0 aliphatic carbocycles. The van der Waals surface area contributed by atoms with E-state index in [0.29, 0.717) is 6.04 Å². The van der Waals surface area contributed by atoms with Gasteiger partial charge in [-0.25, -0.2) is 4.79 Å². The van der Waals surface area contributed by atoms with Gasteiger partial charge in [0.1, 0.15) is 5.01 Å². The van der Waals surface area contributed by atoms with Gasteiger partial charge in [-0.1, -0.05) is 32.1 Å². The molecular weight excluding hydrogens is 298 g/mol. The van der Waals surface area contributed by atoms with E-state index < -0.39 is 0 Å². The van der Waals surface area contributed by atoms with Gasteiger partial charge in [0, 0.05) is 45.7 Å². The number of hydrogen-bond donors (Lipinski definition) is 0. The van der Waals surface area contributed by atoms with Gasteiger partial charge >= 0.3 is 6.03 Å². The average molecular weight is 325 g/mol. The molecule has 1 fully saturated rings. The molecule has 1 aliphatic rings. The molecule has 2 heterocycles. The van der Waals surface area contributed by atoms with E-state index in [9.17, 15) is 4.79 Å². The van der Waals surface area contributed by atoms with E-state index in [-0.39, 0.29) is 11.4 Å².